The van der Waals surface area contributed by atoms with E-state index in [-0.39, 0.29) is 18.0 Å². The van der Waals surface area contributed by atoms with Crippen LogP contribution in [0, 0.1) is 10.1 Å². The van der Waals surface area contributed by atoms with Crippen LogP contribution < -0.4 is 9.47 Å². The Kier molecular flexibility index (Phi) is 5.57. The van der Waals surface area contributed by atoms with E-state index in [4.69, 9.17) is 9.47 Å². The molecule has 0 heterocycles. The van der Waals surface area contributed by atoms with Gasteiger partial charge in [-0.1, -0.05) is 40.2 Å². The van der Waals surface area contributed by atoms with E-state index < -0.39 is 4.92 Å². The maximum absolute atomic E-state index is 11.0. The lowest BCUT2D eigenvalue weighted by molar-refractivity contribution is -0.385. The predicted octanol–water partition coefficient (Wildman–Crippen LogP) is 3.95. The summed E-state index contributed by atoms with van der Waals surface area (Å²) < 4.78 is 11.0. The van der Waals surface area contributed by atoms with E-state index in [0.29, 0.717) is 11.9 Å². The number of nitro groups is 1. The van der Waals surface area contributed by atoms with E-state index in [9.17, 15) is 10.1 Å². The van der Waals surface area contributed by atoms with Crippen molar-refractivity contribution in [1.82, 2.24) is 0 Å². The normalized spacial score (nSPS) is 10.1. The SMILES string of the molecule is O=[N+]([O-])c1ccc(CBr)cc1OCCOc1ccccc1. The highest BCUT2D eigenvalue weighted by molar-refractivity contribution is 9.08. The first kappa shape index (κ1) is 15.3. The first-order chi connectivity index (χ1) is 10.2. The Morgan fingerprint density at radius 2 is 1.76 bits per heavy atom. The quantitative estimate of drug-likeness (QED) is 0.328. The molecule has 0 saturated heterocycles. The van der Waals surface area contributed by atoms with Gasteiger partial charge in [-0.2, -0.15) is 0 Å². The van der Waals surface area contributed by atoms with Gasteiger partial charge in [0.2, 0.25) is 0 Å². The van der Waals surface area contributed by atoms with Crippen LogP contribution in [-0.2, 0) is 5.33 Å². The van der Waals surface area contributed by atoms with E-state index in [2.05, 4.69) is 15.9 Å². The van der Waals surface area contributed by atoms with Gasteiger partial charge in [0.25, 0.3) is 0 Å². The molecule has 0 amide bonds. The van der Waals surface area contributed by atoms with Crippen LogP contribution in [0.5, 0.6) is 11.5 Å². The fourth-order valence-electron chi connectivity index (χ4n) is 1.74. The van der Waals surface area contributed by atoms with E-state index in [1.54, 1.807) is 12.1 Å². The number of halogens is 1. The van der Waals surface area contributed by atoms with Gasteiger partial charge in [0.15, 0.2) is 5.75 Å². The minimum absolute atomic E-state index is 0.0422. The molecule has 0 radical (unpaired) electrons. The molecule has 0 N–H and O–H groups in total. The summed E-state index contributed by atoms with van der Waals surface area (Å²) in [7, 11) is 0. The monoisotopic (exact) mass is 351 g/mol. The number of rotatable bonds is 7. The third-order valence-electron chi connectivity index (χ3n) is 2.73. The van der Waals surface area contributed by atoms with Crippen LogP contribution in [0.2, 0.25) is 0 Å². The number of benzene rings is 2. The molecule has 0 aliphatic heterocycles. The minimum atomic E-state index is -0.453. The zero-order valence-electron chi connectivity index (χ0n) is 11.2. The molecule has 6 heteroatoms. The first-order valence-corrected chi connectivity index (χ1v) is 7.47. The summed E-state index contributed by atoms with van der Waals surface area (Å²) >= 11 is 3.32. The summed E-state index contributed by atoms with van der Waals surface area (Å²) in [5, 5.41) is 11.6. The van der Waals surface area contributed by atoms with Gasteiger partial charge in [-0.05, 0) is 23.8 Å². The molecule has 0 aliphatic rings. The molecular formula is C15H14BrNO4. The minimum Gasteiger partial charge on any atom is -0.490 e. The number of nitro benzene ring substituents is 1. The molecule has 0 bridgehead atoms. The molecule has 5 nitrogen and oxygen atoms in total. The second kappa shape index (κ2) is 7.64. The standard InChI is InChI=1S/C15H14BrNO4/c16-11-12-6-7-14(17(18)19)15(10-12)21-9-8-20-13-4-2-1-3-5-13/h1-7,10H,8-9,11H2. The van der Waals surface area contributed by atoms with Crippen molar-refractivity contribution >= 4 is 21.6 Å². The van der Waals surface area contributed by atoms with Crippen LogP contribution in [0.4, 0.5) is 5.69 Å². The summed E-state index contributed by atoms with van der Waals surface area (Å²) in [6.07, 6.45) is 0. The number of para-hydroxylation sites is 1. The molecule has 0 fully saturated rings. The third kappa shape index (κ3) is 4.46. The summed E-state index contributed by atoms with van der Waals surface area (Å²) in [6, 6.07) is 14.1. The molecule has 0 unspecified atom stereocenters. The fourth-order valence-corrected chi connectivity index (χ4v) is 2.08. The molecular weight excluding hydrogens is 338 g/mol. The first-order valence-electron chi connectivity index (χ1n) is 6.34. The van der Waals surface area contributed by atoms with Crippen molar-refractivity contribution in [2.24, 2.45) is 0 Å². The van der Waals surface area contributed by atoms with Crippen LogP contribution in [-0.4, -0.2) is 18.1 Å². The van der Waals surface area contributed by atoms with Crippen LogP contribution in [0.1, 0.15) is 5.56 Å². The van der Waals surface area contributed by atoms with Crippen molar-refractivity contribution in [1.29, 1.82) is 0 Å². The van der Waals surface area contributed by atoms with Gasteiger partial charge in [0, 0.05) is 11.4 Å². The zero-order valence-corrected chi connectivity index (χ0v) is 12.8. The molecule has 2 rings (SSSR count). The van der Waals surface area contributed by atoms with Crippen LogP contribution in [0.25, 0.3) is 0 Å². The summed E-state index contributed by atoms with van der Waals surface area (Å²) in [4.78, 5) is 10.5. The second-order valence-corrected chi connectivity index (χ2v) is 4.76. The predicted molar refractivity (Wildman–Crippen MR) is 83.2 cm³/mol. The molecule has 0 spiro atoms. The van der Waals surface area contributed by atoms with Gasteiger partial charge in [-0.25, -0.2) is 0 Å². The average molecular weight is 352 g/mol. The number of hydrogen-bond acceptors (Lipinski definition) is 4. The molecule has 110 valence electrons. The smallest absolute Gasteiger partial charge is 0.310 e. The highest BCUT2D eigenvalue weighted by atomic mass is 79.9. The molecule has 0 atom stereocenters. The summed E-state index contributed by atoms with van der Waals surface area (Å²) in [5.41, 5.74) is 0.874. The molecule has 0 saturated carbocycles. The maximum atomic E-state index is 11.0. The van der Waals surface area contributed by atoms with Gasteiger partial charge >= 0.3 is 5.69 Å². The van der Waals surface area contributed by atoms with E-state index >= 15 is 0 Å². The van der Waals surface area contributed by atoms with Gasteiger partial charge in [-0.15, -0.1) is 0 Å². The zero-order chi connectivity index (χ0) is 15.1. The van der Waals surface area contributed by atoms with Crippen molar-refractivity contribution in [3.63, 3.8) is 0 Å². The average Bonchev–Trinajstić information content (AvgIpc) is 2.52. The van der Waals surface area contributed by atoms with Crippen LogP contribution in [0.3, 0.4) is 0 Å². The maximum Gasteiger partial charge on any atom is 0.310 e. The van der Waals surface area contributed by atoms with Crippen molar-refractivity contribution < 1.29 is 14.4 Å². The molecule has 2 aromatic rings. The van der Waals surface area contributed by atoms with Crippen molar-refractivity contribution in [2.75, 3.05) is 13.2 Å². The van der Waals surface area contributed by atoms with Crippen molar-refractivity contribution in [3.05, 3.63) is 64.2 Å². The van der Waals surface area contributed by atoms with Gasteiger partial charge < -0.3 is 9.47 Å². The third-order valence-corrected chi connectivity index (χ3v) is 3.38. The summed E-state index contributed by atoms with van der Waals surface area (Å²) in [5.74, 6) is 0.999. The lowest BCUT2D eigenvalue weighted by Crippen LogP contribution is -2.10. The molecule has 0 aromatic heterocycles. The van der Waals surface area contributed by atoms with Crippen LogP contribution >= 0.6 is 15.9 Å². The highest BCUT2D eigenvalue weighted by Crippen LogP contribution is 2.28. The molecule has 2 aromatic carbocycles. The number of ether oxygens (including phenoxy) is 2. The largest absolute Gasteiger partial charge is 0.490 e. The fraction of sp³-hybridized carbons (Fsp3) is 0.200. The van der Waals surface area contributed by atoms with Crippen molar-refractivity contribution in [3.8, 4) is 11.5 Å². The van der Waals surface area contributed by atoms with Gasteiger partial charge in [0.1, 0.15) is 19.0 Å². The van der Waals surface area contributed by atoms with E-state index in [1.807, 2.05) is 30.3 Å². The highest BCUT2D eigenvalue weighted by Gasteiger charge is 2.15. The van der Waals surface area contributed by atoms with E-state index in [1.165, 1.54) is 6.07 Å². The Hall–Kier alpha value is -2.08. The topological polar surface area (TPSA) is 61.6 Å². The Bertz CT molecular complexity index is 604. The Balaban J connectivity index is 1.94. The van der Waals surface area contributed by atoms with E-state index in [0.717, 1.165) is 11.3 Å². The molecule has 21 heavy (non-hydrogen) atoms. The number of nitrogens with zero attached hydrogens (tertiary/aromatic N) is 1. The molecule has 0 aliphatic carbocycles. The lowest BCUT2D eigenvalue weighted by atomic mass is 10.2. The van der Waals surface area contributed by atoms with Crippen LogP contribution in [0.15, 0.2) is 48.5 Å². The number of hydrogen-bond donors (Lipinski definition) is 0. The van der Waals surface area contributed by atoms with Gasteiger partial charge in [0.05, 0.1) is 4.92 Å². The Morgan fingerprint density at radius 3 is 2.43 bits per heavy atom. The second-order valence-electron chi connectivity index (χ2n) is 4.20. The lowest BCUT2D eigenvalue weighted by Gasteiger charge is -2.09. The van der Waals surface area contributed by atoms with Gasteiger partial charge in [-0.3, -0.25) is 10.1 Å². The van der Waals surface area contributed by atoms with Crippen molar-refractivity contribution in [2.45, 2.75) is 5.33 Å². The Morgan fingerprint density at radius 1 is 1.05 bits per heavy atom. The summed E-state index contributed by atoms with van der Waals surface area (Å²) in [6.45, 7) is 0.557. The Labute approximate surface area is 130 Å². The number of alkyl halides is 1.